The monoisotopic (exact) mass is 438 g/mol. The molecule has 0 bridgehead atoms. The number of nitro benzene ring substituents is 1. The first-order valence-corrected chi connectivity index (χ1v) is 10.1. The molecule has 0 aliphatic heterocycles. The van der Waals surface area contributed by atoms with Crippen LogP contribution in [0.2, 0.25) is 0 Å². The van der Waals surface area contributed by atoms with Gasteiger partial charge in [0, 0.05) is 30.3 Å². The van der Waals surface area contributed by atoms with Crippen LogP contribution in [0.5, 0.6) is 5.75 Å². The van der Waals surface area contributed by atoms with E-state index in [1.807, 2.05) is 42.8 Å². The summed E-state index contributed by atoms with van der Waals surface area (Å²) >= 11 is 1.44. The van der Waals surface area contributed by atoms with Crippen molar-refractivity contribution < 1.29 is 14.1 Å². The molecule has 2 aromatic carbocycles. The van der Waals surface area contributed by atoms with E-state index >= 15 is 0 Å². The molecule has 31 heavy (non-hydrogen) atoms. The minimum atomic E-state index is -0.456. The number of nitrogens with zero attached hydrogens (tertiary/aromatic N) is 6. The summed E-state index contributed by atoms with van der Waals surface area (Å²) in [5.41, 5.74) is 1.54. The Morgan fingerprint density at radius 1 is 1.03 bits per heavy atom. The highest BCUT2D eigenvalue weighted by Crippen LogP contribution is 2.35. The van der Waals surface area contributed by atoms with Crippen LogP contribution < -0.4 is 4.74 Å². The Balaban J connectivity index is 1.49. The van der Waals surface area contributed by atoms with Crippen LogP contribution in [0.3, 0.4) is 0 Å². The molecule has 10 nitrogen and oxygen atoms in total. The largest absolute Gasteiger partial charge is 0.497 e. The number of thioether (sulfide) groups is 1. The lowest BCUT2D eigenvalue weighted by Crippen LogP contribution is -1.97. The van der Waals surface area contributed by atoms with E-state index < -0.39 is 4.92 Å². The van der Waals surface area contributed by atoms with E-state index in [-0.39, 0.29) is 10.9 Å². The highest BCUT2D eigenvalue weighted by molar-refractivity contribution is 7.99. The minimum absolute atomic E-state index is 0.00218. The van der Waals surface area contributed by atoms with Crippen LogP contribution in [-0.4, -0.2) is 37.0 Å². The minimum Gasteiger partial charge on any atom is -0.497 e. The van der Waals surface area contributed by atoms with Crippen LogP contribution in [0.15, 0.2) is 58.1 Å². The van der Waals surface area contributed by atoms with Gasteiger partial charge in [0.2, 0.25) is 11.8 Å². The molecule has 0 spiro atoms. The molecule has 4 aromatic rings. The molecule has 0 fully saturated rings. The Morgan fingerprint density at radius 2 is 1.71 bits per heavy atom. The lowest BCUT2D eigenvalue weighted by molar-refractivity contribution is -0.384. The molecule has 158 valence electrons. The van der Waals surface area contributed by atoms with Gasteiger partial charge in [-0.15, -0.1) is 20.4 Å². The molecule has 0 aliphatic rings. The second-order valence-electron chi connectivity index (χ2n) is 6.60. The highest BCUT2D eigenvalue weighted by atomic mass is 32.2. The van der Waals surface area contributed by atoms with E-state index in [1.165, 1.54) is 23.9 Å². The van der Waals surface area contributed by atoms with Crippen molar-refractivity contribution >= 4 is 17.4 Å². The lowest BCUT2D eigenvalue weighted by Gasteiger charge is -2.07. The number of methoxy groups -OCH3 is 1. The zero-order valence-electron chi connectivity index (χ0n) is 16.9. The van der Waals surface area contributed by atoms with Crippen molar-refractivity contribution in [2.24, 2.45) is 7.05 Å². The lowest BCUT2D eigenvalue weighted by atomic mass is 10.2. The molecular formula is C20H18N6O4S. The summed E-state index contributed by atoms with van der Waals surface area (Å²) in [5, 5.41) is 28.1. The summed E-state index contributed by atoms with van der Waals surface area (Å²) in [4.78, 5) is 10.3. The normalized spacial score (nSPS) is 12.0. The van der Waals surface area contributed by atoms with Gasteiger partial charge in [0.05, 0.1) is 17.3 Å². The number of nitro groups is 1. The van der Waals surface area contributed by atoms with Crippen molar-refractivity contribution in [3.8, 4) is 28.6 Å². The summed E-state index contributed by atoms with van der Waals surface area (Å²) in [7, 11) is 3.52. The van der Waals surface area contributed by atoms with Crippen LogP contribution in [0.4, 0.5) is 5.69 Å². The van der Waals surface area contributed by atoms with Crippen LogP contribution in [0, 0.1) is 10.1 Å². The predicted molar refractivity (Wildman–Crippen MR) is 114 cm³/mol. The SMILES string of the molecule is COc1ccc(-c2nnc(S[C@@H](C)c3nnc(-c4ccc([N+](=O)[O-])cc4)o3)n2C)cc1. The smallest absolute Gasteiger partial charge is 0.269 e. The van der Waals surface area contributed by atoms with Crippen molar-refractivity contribution in [1.82, 2.24) is 25.0 Å². The number of ether oxygens (including phenoxy) is 1. The highest BCUT2D eigenvalue weighted by Gasteiger charge is 2.20. The van der Waals surface area contributed by atoms with Gasteiger partial charge in [0.25, 0.3) is 5.69 Å². The van der Waals surface area contributed by atoms with Gasteiger partial charge < -0.3 is 13.7 Å². The van der Waals surface area contributed by atoms with Gasteiger partial charge in [-0.2, -0.15) is 0 Å². The fourth-order valence-electron chi connectivity index (χ4n) is 2.86. The van der Waals surface area contributed by atoms with Gasteiger partial charge in [-0.1, -0.05) is 11.8 Å². The van der Waals surface area contributed by atoms with E-state index in [0.717, 1.165) is 17.1 Å². The maximum Gasteiger partial charge on any atom is 0.269 e. The number of hydrogen-bond donors (Lipinski definition) is 0. The van der Waals surface area contributed by atoms with E-state index in [1.54, 1.807) is 19.2 Å². The van der Waals surface area contributed by atoms with Gasteiger partial charge in [0.1, 0.15) is 5.75 Å². The van der Waals surface area contributed by atoms with Crippen molar-refractivity contribution in [2.75, 3.05) is 7.11 Å². The van der Waals surface area contributed by atoms with Gasteiger partial charge in [-0.3, -0.25) is 10.1 Å². The molecule has 0 unspecified atom stereocenters. The van der Waals surface area contributed by atoms with Gasteiger partial charge in [0.15, 0.2) is 11.0 Å². The average molecular weight is 438 g/mol. The molecule has 2 aromatic heterocycles. The molecule has 4 rings (SSSR count). The zero-order valence-corrected chi connectivity index (χ0v) is 17.7. The first-order chi connectivity index (χ1) is 15.0. The van der Waals surface area contributed by atoms with Crippen LogP contribution in [0.25, 0.3) is 22.8 Å². The predicted octanol–water partition coefficient (Wildman–Crippen LogP) is 4.30. The standard InChI is InChI=1S/C20H18N6O4S/c1-12(18-22-23-19(30-18)14-4-8-15(9-5-14)26(27)28)31-20-24-21-17(25(20)2)13-6-10-16(29-3)11-7-13/h4-12H,1-3H3/t12-/m0/s1. The summed E-state index contributed by atoms with van der Waals surface area (Å²) in [6, 6.07) is 13.6. The van der Waals surface area contributed by atoms with Crippen LogP contribution in [0.1, 0.15) is 18.1 Å². The Morgan fingerprint density at radius 3 is 2.35 bits per heavy atom. The molecule has 0 N–H and O–H groups in total. The Labute approximate surface area is 181 Å². The van der Waals surface area contributed by atoms with E-state index in [4.69, 9.17) is 9.15 Å². The summed E-state index contributed by atoms with van der Waals surface area (Å²) in [6.45, 7) is 1.93. The third-order valence-corrected chi connectivity index (χ3v) is 5.70. The van der Waals surface area contributed by atoms with Crippen molar-refractivity contribution in [1.29, 1.82) is 0 Å². The number of hydrogen-bond acceptors (Lipinski definition) is 9. The van der Waals surface area contributed by atoms with Gasteiger partial charge in [-0.25, -0.2) is 0 Å². The van der Waals surface area contributed by atoms with E-state index in [2.05, 4.69) is 20.4 Å². The number of aromatic nitrogens is 5. The maximum atomic E-state index is 10.8. The molecular weight excluding hydrogens is 420 g/mol. The second-order valence-corrected chi connectivity index (χ2v) is 7.91. The molecule has 1 atom stereocenters. The number of benzene rings is 2. The fourth-order valence-corrected chi connectivity index (χ4v) is 3.70. The van der Waals surface area contributed by atoms with E-state index in [0.29, 0.717) is 22.5 Å². The van der Waals surface area contributed by atoms with Crippen LogP contribution >= 0.6 is 11.8 Å². The summed E-state index contributed by atoms with van der Waals surface area (Å²) in [5.74, 6) is 2.23. The Hall–Kier alpha value is -3.73. The van der Waals surface area contributed by atoms with Crippen LogP contribution in [-0.2, 0) is 7.05 Å². The topological polar surface area (TPSA) is 122 Å². The maximum absolute atomic E-state index is 10.8. The van der Waals surface area contributed by atoms with Crippen molar-refractivity contribution in [2.45, 2.75) is 17.3 Å². The Bertz CT molecular complexity index is 1200. The molecule has 0 saturated heterocycles. The summed E-state index contributed by atoms with van der Waals surface area (Å²) < 4.78 is 12.9. The van der Waals surface area contributed by atoms with Crippen molar-refractivity contribution in [3.63, 3.8) is 0 Å². The Kier molecular flexibility index (Phi) is 5.67. The molecule has 0 amide bonds. The number of rotatable bonds is 7. The first-order valence-electron chi connectivity index (χ1n) is 9.25. The molecule has 0 saturated carbocycles. The molecule has 2 heterocycles. The van der Waals surface area contributed by atoms with Crippen molar-refractivity contribution in [3.05, 3.63) is 64.5 Å². The van der Waals surface area contributed by atoms with Gasteiger partial charge >= 0.3 is 0 Å². The molecule has 0 aliphatic carbocycles. The van der Waals surface area contributed by atoms with Gasteiger partial charge in [-0.05, 0) is 43.3 Å². The second kappa shape index (κ2) is 8.56. The quantitative estimate of drug-likeness (QED) is 0.236. The average Bonchev–Trinajstić information content (AvgIpc) is 3.42. The zero-order chi connectivity index (χ0) is 22.0. The van der Waals surface area contributed by atoms with E-state index in [9.17, 15) is 10.1 Å². The molecule has 11 heteroatoms. The summed E-state index contributed by atoms with van der Waals surface area (Å²) in [6.07, 6.45) is 0. The number of non-ortho nitro benzene ring substituents is 1. The first kappa shape index (κ1) is 20.5. The third kappa shape index (κ3) is 4.26. The molecule has 0 radical (unpaired) electrons. The third-order valence-electron chi connectivity index (χ3n) is 4.58. The fraction of sp³-hybridized carbons (Fsp3) is 0.200.